The molecule has 0 atom stereocenters. The van der Waals surface area contributed by atoms with Crippen LogP contribution in [0.15, 0.2) is 24.3 Å². The molecule has 2 saturated heterocycles. The van der Waals surface area contributed by atoms with Gasteiger partial charge < -0.3 is 39.3 Å². The van der Waals surface area contributed by atoms with Crippen LogP contribution in [0, 0.1) is 5.41 Å². The second kappa shape index (κ2) is 20.9. The summed E-state index contributed by atoms with van der Waals surface area (Å²) in [6.07, 6.45) is -0.353. The Labute approximate surface area is 442 Å². The van der Waals surface area contributed by atoms with E-state index in [0.717, 1.165) is 0 Å². The maximum Gasteiger partial charge on any atom is 0.324 e. The summed E-state index contributed by atoms with van der Waals surface area (Å²) in [5.41, 5.74) is -3.04. The second-order valence-corrected chi connectivity index (χ2v) is 28.2. The van der Waals surface area contributed by atoms with Crippen LogP contribution in [-0.2, 0) is 53.6 Å². The molecule has 2 fully saturated rings. The molecular weight excluding hydrogens is 917 g/mol. The molecule has 2 aliphatic heterocycles. The lowest BCUT2D eigenvalue weighted by Gasteiger charge is -2.56. The molecule has 0 aliphatic carbocycles. The fourth-order valence-corrected chi connectivity index (χ4v) is 12.4. The van der Waals surface area contributed by atoms with Crippen molar-refractivity contribution in [1.82, 2.24) is 19.6 Å². The minimum Gasteiger partial charge on any atom is -0.507 e. The number of aromatic hydroxyl groups is 2. The largest absolute Gasteiger partial charge is 0.507 e. The van der Waals surface area contributed by atoms with Crippen LogP contribution >= 0.6 is 0 Å². The third-order valence-corrected chi connectivity index (χ3v) is 15.7. The van der Waals surface area contributed by atoms with E-state index >= 15 is 9.59 Å². The number of phenolic OH excluding ortho intramolecular Hbond substituents is 2. The van der Waals surface area contributed by atoms with E-state index in [-0.39, 0.29) is 36.4 Å². The lowest BCUT2D eigenvalue weighted by Crippen LogP contribution is -2.67. The Hall–Kier alpha value is -4.48. The number of piperidine rings is 2. The van der Waals surface area contributed by atoms with E-state index in [1.54, 1.807) is 0 Å². The molecule has 0 spiro atoms. The lowest BCUT2D eigenvalue weighted by molar-refractivity contribution is -0.186. The zero-order chi connectivity index (χ0) is 56.2. The maximum atomic E-state index is 16.3. The van der Waals surface area contributed by atoms with Crippen LogP contribution in [0.2, 0.25) is 0 Å². The van der Waals surface area contributed by atoms with Gasteiger partial charge in [0.25, 0.3) is 0 Å². The number of hydrogen-bond acceptors (Lipinski definition) is 8. The first-order valence-corrected chi connectivity index (χ1v) is 27.3. The molecule has 4 amide bonds. The normalized spacial score (nSPS) is 18.6. The highest BCUT2D eigenvalue weighted by Crippen LogP contribution is 2.48. The van der Waals surface area contributed by atoms with E-state index in [9.17, 15) is 19.8 Å². The van der Waals surface area contributed by atoms with Crippen LogP contribution in [0.25, 0.3) is 0 Å². The zero-order valence-corrected chi connectivity index (χ0v) is 50.2. The molecule has 2 aromatic rings. The highest BCUT2D eigenvalue weighted by atomic mass is 16.6. The molecule has 0 radical (unpaired) electrons. The number of benzene rings is 2. The first kappa shape index (κ1) is 61.1. The molecule has 412 valence electrons. The monoisotopic (exact) mass is 1020 g/mol. The number of phenols is 2. The number of rotatable bonds is 12. The summed E-state index contributed by atoms with van der Waals surface area (Å²) >= 11 is 0. The van der Waals surface area contributed by atoms with E-state index < -0.39 is 73.4 Å². The topological polar surface area (TPSA) is 140 Å². The summed E-state index contributed by atoms with van der Waals surface area (Å²) in [4.78, 5) is 68.5. The van der Waals surface area contributed by atoms with Gasteiger partial charge in [0.2, 0.25) is 0 Å². The smallest absolute Gasteiger partial charge is 0.324 e. The van der Waals surface area contributed by atoms with Crippen LogP contribution in [0.5, 0.6) is 11.5 Å². The fraction of sp³-hybridized carbons (Fsp3) is 0.738. The first-order chi connectivity index (χ1) is 32.9. The third kappa shape index (κ3) is 13.0. The van der Waals surface area contributed by atoms with Crippen molar-refractivity contribution >= 4 is 24.0 Å². The first-order valence-electron chi connectivity index (χ1n) is 27.3. The number of amides is 4. The van der Waals surface area contributed by atoms with E-state index in [1.165, 1.54) is 0 Å². The number of ether oxygens (including phenoxy) is 2. The summed E-state index contributed by atoms with van der Waals surface area (Å²) < 4.78 is 13.8. The second-order valence-electron chi connectivity index (χ2n) is 28.2. The van der Waals surface area contributed by atoms with Crippen molar-refractivity contribution in [2.24, 2.45) is 5.41 Å². The highest BCUT2D eigenvalue weighted by Gasteiger charge is 2.57. The number of nitrogens with zero attached hydrogens (tertiary/aromatic N) is 4. The minimum absolute atomic E-state index is 0.0772. The van der Waals surface area contributed by atoms with Gasteiger partial charge in [-0.2, -0.15) is 0 Å². The average molecular weight is 1020 g/mol. The van der Waals surface area contributed by atoms with Crippen LogP contribution in [0.1, 0.15) is 225 Å². The number of hydrogen-bond donors (Lipinski definition) is 2. The van der Waals surface area contributed by atoms with Crippen LogP contribution in [0.3, 0.4) is 0 Å². The van der Waals surface area contributed by atoms with Crippen LogP contribution in [0.4, 0.5) is 9.59 Å². The molecule has 2 heterocycles. The minimum atomic E-state index is -2.02. The Morgan fingerprint density at radius 2 is 0.699 bits per heavy atom. The van der Waals surface area contributed by atoms with Gasteiger partial charge in [0.05, 0.1) is 0 Å². The number of urea groups is 2. The van der Waals surface area contributed by atoms with Gasteiger partial charge in [-0.25, -0.2) is 9.59 Å². The van der Waals surface area contributed by atoms with Crippen molar-refractivity contribution in [3.05, 3.63) is 57.6 Å². The molecule has 0 unspecified atom stereocenters. The van der Waals surface area contributed by atoms with Gasteiger partial charge in [-0.1, -0.05) is 107 Å². The van der Waals surface area contributed by atoms with Crippen LogP contribution < -0.4 is 0 Å². The fourth-order valence-electron chi connectivity index (χ4n) is 12.4. The molecule has 0 bridgehead atoms. The van der Waals surface area contributed by atoms with Gasteiger partial charge >= 0.3 is 24.0 Å². The van der Waals surface area contributed by atoms with Gasteiger partial charge in [-0.05, 0) is 151 Å². The molecule has 2 aromatic carbocycles. The molecule has 0 saturated carbocycles. The standard InChI is InChI=1S/C61H100N4O8/c1-25-62(26-2)51(70)64-57(17,18)35-41(36-58(64,19)20)72-49(68)61(33-39-29-43(53(5,6)7)47(66)44(30-39)54(8,9)10,34-40-31-45(55(11,12)13)48(67)46(32-40)56(14,15)16)50(69)73-42-37-59(21,22)65(60(23,24)38-42)52(71)63(27-3)28-4/h29-32,41-42,66-67H,25-28,33-38H2,1-24H3. The highest BCUT2D eigenvalue weighted by molar-refractivity contribution is 6.01. The van der Waals surface area contributed by atoms with Crippen molar-refractivity contribution in [3.8, 4) is 11.5 Å². The summed E-state index contributed by atoms with van der Waals surface area (Å²) in [6, 6.07) is 7.53. The predicted octanol–water partition coefficient (Wildman–Crippen LogP) is 13.1. The van der Waals surface area contributed by atoms with Crippen molar-refractivity contribution in [2.45, 2.75) is 261 Å². The van der Waals surface area contributed by atoms with Crippen LogP contribution in [-0.4, -0.2) is 114 Å². The molecule has 2 aliphatic rings. The number of esters is 2. The third-order valence-electron chi connectivity index (χ3n) is 15.7. The van der Waals surface area contributed by atoms with Crippen molar-refractivity contribution in [3.63, 3.8) is 0 Å². The van der Waals surface area contributed by atoms with E-state index in [1.807, 2.05) is 210 Å². The quantitative estimate of drug-likeness (QED) is 0.158. The molecule has 73 heavy (non-hydrogen) atoms. The van der Waals surface area contributed by atoms with E-state index in [0.29, 0.717) is 85.2 Å². The SMILES string of the molecule is CCN(CC)C(=O)N1C(C)(C)CC(OC(=O)C(Cc2cc(C(C)(C)C)c(O)c(C(C)(C)C)c2)(Cc2cc(C(C)(C)C)c(O)c(C(C)(C)C)c2)C(=O)OC2CC(C)(C)N(C(=O)N(CC)CC)C(C)(C)C2)CC1(C)C. The molecule has 4 rings (SSSR count). The van der Waals surface area contributed by atoms with Gasteiger partial charge in [0, 0.05) is 74.0 Å². The summed E-state index contributed by atoms with van der Waals surface area (Å²) in [5.74, 6) is -1.13. The summed E-state index contributed by atoms with van der Waals surface area (Å²) in [5, 5.41) is 24.0. The van der Waals surface area contributed by atoms with Gasteiger partial charge in [-0.15, -0.1) is 0 Å². The molecule has 2 N–H and O–H groups in total. The molecule has 12 heteroatoms. The summed E-state index contributed by atoms with van der Waals surface area (Å²) in [7, 11) is 0. The predicted molar refractivity (Wildman–Crippen MR) is 296 cm³/mol. The average Bonchev–Trinajstić information content (AvgIpc) is 3.18. The number of likely N-dealkylation sites (tertiary alicyclic amines) is 2. The van der Waals surface area contributed by atoms with Crippen molar-refractivity contribution in [1.29, 1.82) is 0 Å². The maximum absolute atomic E-state index is 16.3. The number of carbonyl (C=O) groups is 4. The Morgan fingerprint density at radius 1 is 0.479 bits per heavy atom. The van der Waals surface area contributed by atoms with Gasteiger partial charge in [-0.3, -0.25) is 9.59 Å². The Morgan fingerprint density at radius 3 is 0.890 bits per heavy atom. The van der Waals surface area contributed by atoms with E-state index in [2.05, 4.69) is 0 Å². The Kier molecular flexibility index (Phi) is 17.5. The molecule has 12 nitrogen and oxygen atoms in total. The van der Waals surface area contributed by atoms with Crippen molar-refractivity contribution in [2.75, 3.05) is 26.2 Å². The lowest BCUT2D eigenvalue weighted by atomic mass is 9.71. The van der Waals surface area contributed by atoms with Gasteiger partial charge in [0.15, 0.2) is 5.41 Å². The van der Waals surface area contributed by atoms with Gasteiger partial charge in [0.1, 0.15) is 23.7 Å². The Bertz CT molecular complexity index is 2070. The van der Waals surface area contributed by atoms with Crippen molar-refractivity contribution < 1.29 is 38.9 Å². The summed E-state index contributed by atoms with van der Waals surface area (Å²) in [6.45, 7) is 50.6. The van der Waals surface area contributed by atoms with E-state index in [4.69, 9.17) is 9.47 Å². The molecular formula is C61H100N4O8. The zero-order valence-electron chi connectivity index (χ0n) is 50.2. The Balaban J connectivity index is 2.10. The number of carbonyl (C=O) groups excluding carboxylic acids is 4. The molecule has 0 aromatic heterocycles.